The van der Waals surface area contributed by atoms with Crippen molar-refractivity contribution in [3.63, 3.8) is 0 Å². The second kappa shape index (κ2) is 8.02. The van der Waals surface area contributed by atoms with Crippen molar-refractivity contribution in [3.05, 3.63) is 71.3 Å². The third kappa shape index (κ3) is 3.56. The van der Waals surface area contributed by atoms with E-state index in [1.807, 2.05) is 6.07 Å². The molecule has 0 aliphatic carbocycles. The Morgan fingerprint density at radius 2 is 1.71 bits per heavy atom. The lowest BCUT2D eigenvalue weighted by atomic mass is 9.84. The lowest BCUT2D eigenvalue weighted by Gasteiger charge is -2.44. The number of nitrogens with zero attached hydrogens (tertiary/aromatic N) is 1. The average Bonchev–Trinajstić information content (AvgIpc) is 2.75. The predicted molar refractivity (Wildman–Crippen MR) is 105 cm³/mol. The minimum atomic E-state index is -1.89. The van der Waals surface area contributed by atoms with Crippen molar-refractivity contribution in [3.8, 4) is 0 Å². The Morgan fingerprint density at radius 3 is 2.29 bits per heavy atom. The van der Waals surface area contributed by atoms with Gasteiger partial charge in [0, 0.05) is 13.0 Å². The molecule has 2 bridgehead atoms. The van der Waals surface area contributed by atoms with Crippen molar-refractivity contribution in [2.75, 3.05) is 26.3 Å². The van der Waals surface area contributed by atoms with Gasteiger partial charge >= 0.3 is 5.97 Å². The maximum absolute atomic E-state index is 13.3. The molecular weight excluding hydrogens is 357 g/mol. The Hall–Kier alpha value is -2.24. The number of rotatable bonds is 6. The molecule has 0 radical (unpaired) electrons. The third-order valence-corrected chi connectivity index (χ3v) is 6.10. The van der Waals surface area contributed by atoms with Crippen LogP contribution in [0.3, 0.4) is 0 Å². The summed E-state index contributed by atoms with van der Waals surface area (Å²) in [5.41, 5.74) is -0.152. The summed E-state index contributed by atoms with van der Waals surface area (Å²) < 4.78 is 18.5. The number of alkyl halides is 1. The lowest BCUT2D eigenvalue weighted by molar-refractivity contribution is -0.177. The van der Waals surface area contributed by atoms with E-state index in [2.05, 4.69) is 4.90 Å². The number of hydrogen-bond donors (Lipinski definition) is 1. The van der Waals surface area contributed by atoms with Crippen molar-refractivity contribution in [2.24, 2.45) is 5.92 Å². The molecule has 5 heteroatoms. The molecule has 0 aromatic heterocycles. The Labute approximate surface area is 164 Å². The molecule has 3 heterocycles. The molecule has 0 unspecified atom stereocenters. The number of aliphatic hydroxyl groups is 1. The molecule has 1 N–H and O–H groups in total. The summed E-state index contributed by atoms with van der Waals surface area (Å²) in [6, 6.07) is 15.8. The monoisotopic (exact) mass is 383 g/mol. The van der Waals surface area contributed by atoms with Crippen molar-refractivity contribution in [1.82, 2.24) is 4.90 Å². The van der Waals surface area contributed by atoms with Crippen LogP contribution >= 0.6 is 0 Å². The van der Waals surface area contributed by atoms with Crippen LogP contribution in [-0.2, 0) is 21.6 Å². The van der Waals surface area contributed by atoms with Gasteiger partial charge in [-0.05, 0) is 48.5 Å². The molecule has 2 aromatic carbocycles. The molecule has 148 valence electrons. The average molecular weight is 383 g/mol. The van der Waals surface area contributed by atoms with Crippen LogP contribution in [0.4, 0.5) is 4.39 Å². The Bertz CT molecular complexity index is 802. The fourth-order valence-corrected chi connectivity index (χ4v) is 4.37. The zero-order valence-corrected chi connectivity index (χ0v) is 15.9. The van der Waals surface area contributed by atoms with Gasteiger partial charge in [0.25, 0.3) is 0 Å². The van der Waals surface area contributed by atoms with E-state index in [-0.39, 0.29) is 6.10 Å². The normalized spacial score (nSPS) is 25.9. The smallest absolute Gasteiger partial charge is 0.348 e. The van der Waals surface area contributed by atoms with E-state index in [0.717, 1.165) is 38.0 Å². The number of carbonyl (C=O) groups excluding carboxylic acids is 1. The van der Waals surface area contributed by atoms with E-state index in [1.165, 1.54) is 0 Å². The molecule has 3 fully saturated rings. The van der Waals surface area contributed by atoms with Crippen LogP contribution in [-0.4, -0.2) is 48.4 Å². The van der Waals surface area contributed by atoms with Gasteiger partial charge in [0.15, 0.2) is 0 Å². The molecule has 5 rings (SSSR count). The van der Waals surface area contributed by atoms with Gasteiger partial charge in [-0.15, -0.1) is 0 Å². The number of piperidine rings is 3. The maximum Gasteiger partial charge on any atom is 0.348 e. The first-order valence-electron chi connectivity index (χ1n) is 9.98. The number of benzene rings is 2. The first kappa shape index (κ1) is 19.1. The molecule has 4 nitrogen and oxygen atoms in total. The van der Waals surface area contributed by atoms with Gasteiger partial charge in [0.2, 0.25) is 5.60 Å². The highest BCUT2D eigenvalue weighted by molar-refractivity contribution is 5.85. The third-order valence-electron chi connectivity index (χ3n) is 6.10. The van der Waals surface area contributed by atoms with Crippen LogP contribution in [0.2, 0.25) is 0 Å². The van der Waals surface area contributed by atoms with Crippen LogP contribution in [0.15, 0.2) is 54.6 Å². The lowest BCUT2D eigenvalue weighted by Crippen LogP contribution is -2.53. The van der Waals surface area contributed by atoms with Crippen LogP contribution < -0.4 is 0 Å². The zero-order chi connectivity index (χ0) is 19.6. The topological polar surface area (TPSA) is 49.8 Å². The number of aryl methyl sites for hydroxylation is 1. The minimum absolute atomic E-state index is 0.184. The fourth-order valence-electron chi connectivity index (χ4n) is 4.37. The molecule has 0 saturated carbocycles. The van der Waals surface area contributed by atoms with Gasteiger partial charge in [0.05, 0.1) is 6.67 Å². The second-order valence-corrected chi connectivity index (χ2v) is 7.79. The number of ether oxygens (including phenoxy) is 1. The molecule has 3 saturated heterocycles. The fraction of sp³-hybridized carbons (Fsp3) is 0.435. The largest absolute Gasteiger partial charge is 0.458 e. The van der Waals surface area contributed by atoms with E-state index < -0.39 is 18.2 Å². The molecule has 3 aliphatic rings. The SMILES string of the molecule is O=C(O[C@H]1CN2CCC1CC2)[C@](O)(c1ccccc1)c1ccc(CCF)cc1. The summed E-state index contributed by atoms with van der Waals surface area (Å²) in [7, 11) is 0. The van der Waals surface area contributed by atoms with Crippen molar-refractivity contribution < 1.29 is 19.0 Å². The van der Waals surface area contributed by atoms with Gasteiger partial charge in [-0.25, -0.2) is 4.79 Å². The second-order valence-electron chi connectivity index (χ2n) is 7.79. The summed E-state index contributed by atoms with van der Waals surface area (Å²) in [4.78, 5) is 15.6. The molecule has 2 atom stereocenters. The van der Waals surface area contributed by atoms with E-state index in [9.17, 15) is 14.3 Å². The molecule has 28 heavy (non-hydrogen) atoms. The first-order chi connectivity index (χ1) is 13.6. The van der Waals surface area contributed by atoms with Crippen LogP contribution in [0.25, 0.3) is 0 Å². The summed E-state index contributed by atoms with van der Waals surface area (Å²) in [5, 5.41) is 11.6. The molecule has 3 aliphatic heterocycles. The number of hydrogen-bond acceptors (Lipinski definition) is 4. The van der Waals surface area contributed by atoms with Crippen LogP contribution in [0.1, 0.15) is 29.5 Å². The number of carbonyl (C=O) groups is 1. The molecule has 2 aromatic rings. The van der Waals surface area contributed by atoms with E-state index in [1.54, 1.807) is 48.5 Å². The quantitative estimate of drug-likeness (QED) is 0.779. The summed E-state index contributed by atoms with van der Waals surface area (Å²) >= 11 is 0. The maximum atomic E-state index is 13.3. The van der Waals surface area contributed by atoms with Crippen molar-refractivity contribution >= 4 is 5.97 Å². The van der Waals surface area contributed by atoms with Crippen molar-refractivity contribution in [1.29, 1.82) is 0 Å². The van der Waals surface area contributed by atoms with Gasteiger partial charge in [-0.1, -0.05) is 54.6 Å². The number of halogens is 1. The Kier molecular flexibility index (Phi) is 5.47. The number of esters is 1. The summed E-state index contributed by atoms with van der Waals surface area (Å²) in [5.74, 6) is -0.281. The van der Waals surface area contributed by atoms with E-state index in [0.29, 0.717) is 23.5 Å². The van der Waals surface area contributed by atoms with Gasteiger partial charge in [-0.2, -0.15) is 0 Å². The Balaban J connectivity index is 1.64. The van der Waals surface area contributed by atoms with E-state index >= 15 is 0 Å². The first-order valence-corrected chi connectivity index (χ1v) is 9.98. The van der Waals surface area contributed by atoms with Gasteiger partial charge in [0.1, 0.15) is 6.10 Å². The van der Waals surface area contributed by atoms with Crippen LogP contribution in [0.5, 0.6) is 0 Å². The van der Waals surface area contributed by atoms with E-state index in [4.69, 9.17) is 4.74 Å². The van der Waals surface area contributed by atoms with Gasteiger partial charge < -0.3 is 9.84 Å². The highest BCUT2D eigenvalue weighted by Crippen LogP contribution is 2.35. The van der Waals surface area contributed by atoms with Gasteiger partial charge in [-0.3, -0.25) is 9.29 Å². The predicted octanol–water partition coefficient (Wildman–Crippen LogP) is 3.07. The molecular formula is C23H26FNO3. The minimum Gasteiger partial charge on any atom is -0.458 e. The summed E-state index contributed by atoms with van der Waals surface area (Å²) in [6.07, 6.45) is 2.18. The number of fused-ring (bicyclic) bond motifs is 3. The summed E-state index contributed by atoms with van der Waals surface area (Å²) in [6.45, 7) is 2.40. The highest BCUT2D eigenvalue weighted by atomic mass is 19.1. The molecule has 0 spiro atoms. The van der Waals surface area contributed by atoms with Crippen LogP contribution in [0, 0.1) is 5.92 Å². The molecule has 0 amide bonds. The highest BCUT2D eigenvalue weighted by Gasteiger charge is 2.45. The Morgan fingerprint density at radius 1 is 1.07 bits per heavy atom. The zero-order valence-electron chi connectivity index (χ0n) is 15.9. The standard InChI is InChI=1S/C23H26FNO3/c24-13-10-17-6-8-20(9-7-17)23(27,19-4-2-1-3-5-19)22(26)28-21-16-25-14-11-18(21)12-15-25/h1-9,18,21,27H,10-16H2/t21-,23-/m0/s1. The van der Waals surface area contributed by atoms with Crippen molar-refractivity contribution in [2.45, 2.75) is 31.0 Å².